The zero-order valence-electron chi connectivity index (χ0n) is 11.5. The summed E-state index contributed by atoms with van der Waals surface area (Å²) < 4.78 is 0. The zero-order chi connectivity index (χ0) is 15.1. The number of carboxylic acids is 1. The topological polar surface area (TPSA) is 118 Å². The molecule has 0 spiro atoms. The fourth-order valence-electron chi connectivity index (χ4n) is 1.75. The Hall–Kier alpha value is -1.92. The number of carbonyl (C=O) groups is 2. The number of hydrogen-bond acceptors (Lipinski definition) is 4. The van der Waals surface area contributed by atoms with E-state index < -0.39 is 18.1 Å². The lowest BCUT2D eigenvalue weighted by Gasteiger charge is -2.14. The van der Waals surface area contributed by atoms with E-state index in [1.807, 2.05) is 25.1 Å². The predicted octanol–water partition coefficient (Wildman–Crippen LogP) is 0.843. The van der Waals surface area contributed by atoms with Crippen molar-refractivity contribution in [3.05, 3.63) is 29.8 Å². The lowest BCUT2D eigenvalue weighted by Crippen LogP contribution is -2.36. The molecular formula is C14H21N3O3. The molecule has 0 aliphatic heterocycles. The Bertz CT molecular complexity index is 476. The summed E-state index contributed by atoms with van der Waals surface area (Å²) in [5.74, 6) is -1.31. The maximum Gasteiger partial charge on any atom is 0.320 e. The van der Waals surface area contributed by atoms with E-state index in [0.717, 1.165) is 11.3 Å². The molecule has 110 valence electrons. The van der Waals surface area contributed by atoms with Crippen LogP contribution >= 0.6 is 0 Å². The van der Waals surface area contributed by atoms with Gasteiger partial charge in [-0.3, -0.25) is 9.59 Å². The van der Waals surface area contributed by atoms with Gasteiger partial charge < -0.3 is 21.9 Å². The molecule has 0 radical (unpaired) electrons. The molecule has 6 N–H and O–H groups in total. The van der Waals surface area contributed by atoms with Crippen LogP contribution in [0, 0.1) is 6.92 Å². The summed E-state index contributed by atoms with van der Waals surface area (Å²) in [5.41, 5.74) is 12.8. The van der Waals surface area contributed by atoms with Crippen molar-refractivity contribution in [2.24, 2.45) is 11.5 Å². The van der Waals surface area contributed by atoms with Crippen LogP contribution in [0.2, 0.25) is 0 Å². The smallest absolute Gasteiger partial charge is 0.320 e. The van der Waals surface area contributed by atoms with Crippen LogP contribution in [0.15, 0.2) is 24.3 Å². The summed E-state index contributed by atoms with van der Waals surface area (Å²) in [6.07, 6.45) is 1.20. The van der Waals surface area contributed by atoms with Gasteiger partial charge in [-0.1, -0.05) is 18.2 Å². The second kappa shape index (κ2) is 7.62. The summed E-state index contributed by atoms with van der Waals surface area (Å²) in [6.45, 7) is 1.90. The number of carboxylic acid groups (broad SMARTS) is 1. The number of amides is 1. The number of anilines is 1. The van der Waals surface area contributed by atoms with Gasteiger partial charge in [0.1, 0.15) is 6.04 Å². The third kappa shape index (κ3) is 4.99. The number of rotatable bonds is 7. The summed E-state index contributed by atoms with van der Waals surface area (Å²) in [6, 6.07) is 5.85. The molecule has 2 atom stereocenters. The lowest BCUT2D eigenvalue weighted by molar-refractivity contribution is -0.138. The minimum Gasteiger partial charge on any atom is -0.480 e. The van der Waals surface area contributed by atoms with Crippen LogP contribution in [0.1, 0.15) is 24.8 Å². The van der Waals surface area contributed by atoms with E-state index in [1.54, 1.807) is 6.07 Å². The van der Waals surface area contributed by atoms with Gasteiger partial charge in [-0.25, -0.2) is 0 Å². The highest BCUT2D eigenvalue weighted by Gasteiger charge is 2.16. The second-order valence-electron chi connectivity index (χ2n) is 4.79. The minimum absolute atomic E-state index is 0.275. The molecule has 0 aromatic heterocycles. The average molecular weight is 279 g/mol. The first-order chi connectivity index (χ1) is 9.41. The molecule has 0 heterocycles. The minimum atomic E-state index is -1.04. The van der Waals surface area contributed by atoms with Crippen molar-refractivity contribution in [3.8, 4) is 0 Å². The van der Waals surface area contributed by atoms with Crippen molar-refractivity contribution in [1.82, 2.24) is 0 Å². The Morgan fingerprint density at radius 3 is 2.40 bits per heavy atom. The van der Waals surface area contributed by atoms with Crippen molar-refractivity contribution < 1.29 is 14.7 Å². The Morgan fingerprint density at radius 2 is 1.80 bits per heavy atom. The molecule has 1 aromatic carbocycles. The van der Waals surface area contributed by atoms with Crippen molar-refractivity contribution in [3.63, 3.8) is 0 Å². The van der Waals surface area contributed by atoms with Gasteiger partial charge >= 0.3 is 5.97 Å². The Morgan fingerprint density at radius 1 is 1.20 bits per heavy atom. The van der Waals surface area contributed by atoms with E-state index in [1.165, 1.54) is 0 Å². The first kappa shape index (κ1) is 16.1. The van der Waals surface area contributed by atoms with Gasteiger partial charge in [0.2, 0.25) is 5.91 Å². The Labute approximate surface area is 118 Å². The number of aryl methyl sites for hydroxylation is 1. The summed E-state index contributed by atoms with van der Waals surface area (Å²) in [4.78, 5) is 22.4. The molecule has 0 saturated carbocycles. The van der Waals surface area contributed by atoms with Gasteiger partial charge in [0.15, 0.2) is 0 Å². The van der Waals surface area contributed by atoms with E-state index in [9.17, 15) is 9.59 Å². The number of para-hydroxylation sites is 1. The van der Waals surface area contributed by atoms with Crippen LogP contribution in [0.3, 0.4) is 0 Å². The van der Waals surface area contributed by atoms with Crippen LogP contribution in [-0.2, 0) is 9.59 Å². The zero-order valence-corrected chi connectivity index (χ0v) is 11.5. The highest BCUT2D eigenvalue weighted by molar-refractivity contribution is 5.95. The van der Waals surface area contributed by atoms with Gasteiger partial charge in [-0.2, -0.15) is 0 Å². The molecule has 0 bridgehead atoms. The average Bonchev–Trinajstić information content (AvgIpc) is 2.40. The number of nitrogens with two attached hydrogens (primary N) is 2. The quantitative estimate of drug-likeness (QED) is 0.590. The molecule has 1 amide bonds. The largest absolute Gasteiger partial charge is 0.480 e. The van der Waals surface area contributed by atoms with Gasteiger partial charge in [0.05, 0.1) is 6.04 Å². The van der Waals surface area contributed by atoms with Gasteiger partial charge in [0.25, 0.3) is 0 Å². The molecule has 1 aromatic rings. The maximum absolute atomic E-state index is 11.9. The summed E-state index contributed by atoms with van der Waals surface area (Å²) in [7, 11) is 0. The fraction of sp³-hybridized carbons (Fsp3) is 0.429. The molecule has 0 aliphatic carbocycles. The summed E-state index contributed by atoms with van der Waals surface area (Å²) >= 11 is 0. The molecule has 6 heteroatoms. The van der Waals surface area contributed by atoms with Crippen molar-refractivity contribution >= 4 is 17.6 Å². The number of benzene rings is 1. The monoisotopic (exact) mass is 279 g/mol. The van der Waals surface area contributed by atoms with Gasteiger partial charge in [-0.05, 0) is 37.8 Å². The van der Waals surface area contributed by atoms with Gasteiger partial charge in [-0.15, -0.1) is 0 Å². The number of hydrogen-bond donors (Lipinski definition) is 4. The first-order valence-electron chi connectivity index (χ1n) is 6.52. The van der Waals surface area contributed by atoms with E-state index >= 15 is 0 Å². The molecule has 6 nitrogen and oxygen atoms in total. The van der Waals surface area contributed by atoms with Crippen molar-refractivity contribution in [2.75, 3.05) is 5.32 Å². The second-order valence-corrected chi connectivity index (χ2v) is 4.79. The third-order valence-electron chi connectivity index (χ3n) is 3.09. The molecule has 0 saturated heterocycles. The Kier molecular flexibility index (Phi) is 6.14. The number of nitrogens with one attached hydrogen (secondary N) is 1. The number of carbonyl (C=O) groups excluding carboxylic acids is 1. The Balaban J connectivity index is 2.40. The van der Waals surface area contributed by atoms with E-state index in [0.29, 0.717) is 19.3 Å². The SMILES string of the molecule is Cc1ccccc1NC(=O)C(N)CCC[C@H](N)C(=O)O. The van der Waals surface area contributed by atoms with Crippen LogP contribution < -0.4 is 16.8 Å². The van der Waals surface area contributed by atoms with Crippen LogP contribution in [-0.4, -0.2) is 29.1 Å². The first-order valence-corrected chi connectivity index (χ1v) is 6.52. The lowest BCUT2D eigenvalue weighted by atomic mass is 10.1. The van der Waals surface area contributed by atoms with Gasteiger partial charge in [0, 0.05) is 5.69 Å². The molecule has 20 heavy (non-hydrogen) atoms. The molecule has 1 rings (SSSR count). The predicted molar refractivity (Wildman–Crippen MR) is 77.2 cm³/mol. The molecule has 0 aliphatic rings. The van der Waals surface area contributed by atoms with E-state index in [4.69, 9.17) is 16.6 Å². The molecule has 0 fully saturated rings. The normalized spacial score (nSPS) is 13.6. The third-order valence-corrected chi connectivity index (χ3v) is 3.09. The highest BCUT2D eigenvalue weighted by Crippen LogP contribution is 2.14. The molecular weight excluding hydrogens is 258 g/mol. The standard InChI is InChI=1S/C14H21N3O3/c1-9-5-2-3-8-12(9)17-13(18)10(15)6-4-7-11(16)14(19)20/h2-3,5,8,10-11H,4,6-7,15-16H2,1H3,(H,17,18)(H,19,20)/t10?,11-/m0/s1. The highest BCUT2D eigenvalue weighted by atomic mass is 16.4. The maximum atomic E-state index is 11.9. The summed E-state index contributed by atoms with van der Waals surface area (Å²) in [5, 5.41) is 11.4. The van der Waals surface area contributed by atoms with E-state index in [2.05, 4.69) is 5.32 Å². The van der Waals surface area contributed by atoms with Crippen LogP contribution in [0.5, 0.6) is 0 Å². The van der Waals surface area contributed by atoms with Crippen molar-refractivity contribution in [2.45, 2.75) is 38.3 Å². The number of aliphatic carboxylic acids is 1. The van der Waals surface area contributed by atoms with Crippen LogP contribution in [0.25, 0.3) is 0 Å². The fourth-order valence-corrected chi connectivity index (χ4v) is 1.75. The molecule has 1 unspecified atom stereocenters. The van der Waals surface area contributed by atoms with E-state index in [-0.39, 0.29) is 5.91 Å². The van der Waals surface area contributed by atoms with Crippen molar-refractivity contribution in [1.29, 1.82) is 0 Å². The van der Waals surface area contributed by atoms with Crippen LogP contribution in [0.4, 0.5) is 5.69 Å².